The Labute approximate surface area is 193 Å². The van der Waals surface area contributed by atoms with Crippen molar-refractivity contribution in [3.8, 4) is 0 Å². The standard InChI is InChI=1S/C23H21N5O4S/c29-21(15-33-23-25-24-22(30)27(23)11-10-16-6-2-1-3-7-16)28-18(20-9-5-13-32-20)14-17(26-28)19-8-4-12-31-19/h1-9,12-13,18H,10-11,14-15H2,(H,24,30). The first kappa shape index (κ1) is 21.1. The summed E-state index contributed by atoms with van der Waals surface area (Å²) in [6.45, 7) is 0.468. The molecule has 1 amide bonds. The molecule has 3 aromatic heterocycles. The zero-order valence-electron chi connectivity index (χ0n) is 17.6. The molecule has 0 aliphatic carbocycles. The van der Waals surface area contributed by atoms with Crippen LogP contribution < -0.4 is 5.69 Å². The highest BCUT2D eigenvalue weighted by atomic mass is 32.2. The van der Waals surface area contributed by atoms with Crippen molar-refractivity contribution in [2.45, 2.75) is 30.6 Å². The number of furan rings is 2. The lowest BCUT2D eigenvalue weighted by Crippen LogP contribution is -2.28. The summed E-state index contributed by atoms with van der Waals surface area (Å²) >= 11 is 1.20. The molecule has 4 aromatic rings. The van der Waals surface area contributed by atoms with E-state index >= 15 is 0 Å². The summed E-state index contributed by atoms with van der Waals surface area (Å²) in [6.07, 6.45) is 4.33. The molecule has 10 heteroatoms. The van der Waals surface area contributed by atoms with Gasteiger partial charge in [0, 0.05) is 13.0 Å². The van der Waals surface area contributed by atoms with Crippen LogP contribution in [0.3, 0.4) is 0 Å². The molecule has 0 spiro atoms. The average molecular weight is 464 g/mol. The quantitative estimate of drug-likeness (QED) is 0.401. The molecule has 9 nitrogen and oxygen atoms in total. The van der Waals surface area contributed by atoms with Gasteiger partial charge in [0.15, 0.2) is 5.16 Å². The van der Waals surface area contributed by atoms with Crippen molar-refractivity contribution in [1.82, 2.24) is 19.8 Å². The van der Waals surface area contributed by atoms with Crippen molar-refractivity contribution in [2.75, 3.05) is 5.75 Å². The van der Waals surface area contributed by atoms with Crippen LogP contribution in [0.25, 0.3) is 0 Å². The molecule has 1 aromatic carbocycles. The van der Waals surface area contributed by atoms with Crippen LogP contribution in [0.2, 0.25) is 0 Å². The summed E-state index contributed by atoms with van der Waals surface area (Å²) < 4.78 is 12.6. The van der Waals surface area contributed by atoms with E-state index in [0.29, 0.717) is 41.8 Å². The molecule has 1 N–H and O–H groups in total. The number of H-pyrrole nitrogens is 1. The van der Waals surface area contributed by atoms with E-state index in [-0.39, 0.29) is 23.4 Å². The first-order valence-corrected chi connectivity index (χ1v) is 11.5. The Hall–Kier alpha value is -3.79. The molecule has 33 heavy (non-hydrogen) atoms. The van der Waals surface area contributed by atoms with Crippen molar-refractivity contribution < 1.29 is 13.6 Å². The number of aromatic amines is 1. The molecule has 168 valence electrons. The Morgan fingerprint density at radius 1 is 1.09 bits per heavy atom. The second-order valence-corrected chi connectivity index (χ2v) is 8.43. The monoisotopic (exact) mass is 463 g/mol. The van der Waals surface area contributed by atoms with Crippen LogP contribution in [0.1, 0.15) is 29.5 Å². The number of hydrogen-bond donors (Lipinski definition) is 1. The van der Waals surface area contributed by atoms with Crippen molar-refractivity contribution in [1.29, 1.82) is 0 Å². The van der Waals surface area contributed by atoms with Crippen LogP contribution in [0.5, 0.6) is 0 Å². The van der Waals surface area contributed by atoms with E-state index in [9.17, 15) is 9.59 Å². The van der Waals surface area contributed by atoms with Crippen LogP contribution in [0, 0.1) is 0 Å². The van der Waals surface area contributed by atoms with Gasteiger partial charge in [-0.25, -0.2) is 14.9 Å². The zero-order chi connectivity index (χ0) is 22.6. The summed E-state index contributed by atoms with van der Waals surface area (Å²) in [5.74, 6) is 1.13. The Balaban J connectivity index is 1.29. The Kier molecular flexibility index (Phi) is 5.99. The van der Waals surface area contributed by atoms with E-state index in [4.69, 9.17) is 8.83 Å². The number of thioether (sulfide) groups is 1. The van der Waals surface area contributed by atoms with Crippen LogP contribution >= 0.6 is 11.8 Å². The number of rotatable bonds is 8. The van der Waals surface area contributed by atoms with Gasteiger partial charge in [0.2, 0.25) is 0 Å². The molecular weight excluding hydrogens is 442 g/mol. The van der Waals surface area contributed by atoms with Gasteiger partial charge in [-0.1, -0.05) is 42.1 Å². The van der Waals surface area contributed by atoms with Gasteiger partial charge in [-0.3, -0.25) is 9.36 Å². The molecular formula is C23H21N5O4S. The number of amides is 1. The van der Waals surface area contributed by atoms with Crippen molar-refractivity contribution in [2.24, 2.45) is 5.10 Å². The van der Waals surface area contributed by atoms with Crippen molar-refractivity contribution >= 4 is 23.4 Å². The fourth-order valence-corrected chi connectivity index (χ4v) is 4.55. The van der Waals surface area contributed by atoms with Crippen LogP contribution in [-0.4, -0.2) is 37.1 Å². The van der Waals surface area contributed by atoms with E-state index in [2.05, 4.69) is 15.3 Å². The first-order valence-electron chi connectivity index (χ1n) is 10.5. The second-order valence-electron chi connectivity index (χ2n) is 7.48. The van der Waals surface area contributed by atoms with E-state index in [1.807, 2.05) is 42.5 Å². The number of carbonyl (C=O) groups is 1. The summed E-state index contributed by atoms with van der Waals surface area (Å²) in [7, 11) is 0. The second kappa shape index (κ2) is 9.37. The van der Waals surface area contributed by atoms with E-state index in [0.717, 1.165) is 5.56 Å². The predicted molar refractivity (Wildman–Crippen MR) is 122 cm³/mol. The summed E-state index contributed by atoms with van der Waals surface area (Å²) in [4.78, 5) is 25.4. The number of aromatic nitrogens is 3. The fraction of sp³-hybridized carbons (Fsp3) is 0.217. The van der Waals surface area contributed by atoms with Gasteiger partial charge in [0.1, 0.15) is 23.3 Å². The normalized spacial score (nSPS) is 15.7. The molecule has 1 atom stereocenters. The summed E-state index contributed by atoms with van der Waals surface area (Å²) in [6, 6.07) is 16.8. The molecule has 0 bridgehead atoms. The largest absolute Gasteiger partial charge is 0.467 e. The number of nitrogens with zero attached hydrogens (tertiary/aromatic N) is 4. The van der Waals surface area contributed by atoms with E-state index in [1.165, 1.54) is 16.8 Å². The molecule has 4 heterocycles. The maximum Gasteiger partial charge on any atom is 0.343 e. The minimum atomic E-state index is -0.354. The number of nitrogens with one attached hydrogen (secondary N) is 1. The molecule has 0 radical (unpaired) electrons. The predicted octanol–water partition coefficient (Wildman–Crippen LogP) is 3.47. The third-order valence-corrected chi connectivity index (χ3v) is 6.32. The third kappa shape index (κ3) is 4.56. The van der Waals surface area contributed by atoms with Gasteiger partial charge in [0.25, 0.3) is 5.91 Å². The maximum atomic E-state index is 13.1. The molecule has 5 rings (SSSR count). The Morgan fingerprint density at radius 2 is 1.91 bits per heavy atom. The van der Waals surface area contributed by atoms with Crippen LogP contribution in [0.4, 0.5) is 0 Å². The minimum Gasteiger partial charge on any atom is -0.467 e. The number of hydrogen-bond acceptors (Lipinski definition) is 7. The number of carbonyl (C=O) groups excluding carboxylic acids is 1. The van der Waals surface area contributed by atoms with Gasteiger partial charge < -0.3 is 8.83 Å². The van der Waals surface area contributed by atoms with Crippen molar-refractivity contribution in [3.05, 3.63) is 94.7 Å². The van der Waals surface area contributed by atoms with Crippen LogP contribution in [0.15, 0.2) is 91.0 Å². The molecule has 1 aliphatic rings. The van der Waals surface area contributed by atoms with Gasteiger partial charge in [-0.2, -0.15) is 5.10 Å². The van der Waals surface area contributed by atoms with Gasteiger partial charge in [-0.05, 0) is 36.2 Å². The van der Waals surface area contributed by atoms with Gasteiger partial charge in [-0.15, -0.1) is 5.10 Å². The zero-order valence-corrected chi connectivity index (χ0v) is 18.4. The highest BCUT2D eigenvalue weighted by Gasteiger charge is 2.35. The molecule has 1 unspecified atom stereocenters. The average Bonchev–Trinajstić information content (AvgIpc) is 3.64. The lowest BCUT2D eigenvalue weighted by molar-refractivity contribution is -0.130. The number of hydrazone groups is 1. The summed E-state index contributed by atoms with van der Waals surface area (Å²) in [5, 5.41) is 13.0. The van der Waals surface area contributed by atoms with Crippen molar-refractivity contribution in [3.63, 3.8) is 0 Å². The first-order chi connectivity index (χ1) is 16.2. The summed E-state index contributed by atoms with van der Waals surface area (Å²) in [5.41, 5.74) is 1.50. The van der Waals surface area contributed by atoms with E-state index < -0.39 is 0 Å². The maximum absolute atomic E-state index is 13.1. The Bertz CT molecular complexity index is 1290. The molecule has 1 aliphatic heterocycles. The van der Waals surface area contributed by atoms with E-state index in [1.54, 1.807) is 29.2 Å². The highest BCUT2D eigenvalue weighted by molar-refractivity contribution is 7.99. The molecule has 0 saturated carbocycles. The number of benzene rings is 1. The number of aryl methyl sites for hydroxylation is 1. The van der Waals surface area contributed by atoms with Gasteiger partial charge >= 0.3 is 5.69 Å². The SMILES string of the molecule is O=C(CSc1n[nH]c(=O)n1CCc1ccccc1)N1N=C(c2ccco2)CC1c1ccco1. The minimum absolute atomic E-state index is 0.0712. The Morgan fingerprint density at radius 3 is 2.67 bits per heavy atom. The smallest absolute Gasteiger partial charge is 0.343 e. The molecule has 0 saturated heterocycles. The topological polar surface area (TPSA) is 110 Å². The lowest BCUT2D eigenvalue weighted by Gasteiger charge is -2.19. The van der Waals surface area contributed by atoms with Gasteiger partial charge in [0.05, 0.1) is 18.3 Å². The highest BCUT2D eigenvalue weighted by Crippen LogP contribution is 2.33. The third-order valence-electron chi connectivity index (χ3n) is 5.36. The van der Waals surface area contributed by atoms with Crippen LogP contribution in [-0.2, 0) is 17.8 Å². The lowest BCUT2D eigenvalue weighted by atomic mass is 10.1. The molecule has 0 fully saturated rings. The fourth-order valence-electron chi connectivity index (χ4n) is 3.72.